The molecule has 1 aromatic carbocycles. The third kappa shape index (κ3) is 3.96. The number of aryl methyl sites for hydroxylation is 1. The Morgan fingerprint density at radius 2 is 2.12 bits per heavy atom. The zero-order valence-electron chi connectivity index (χ0n) is 18.3. The number of ether oxygens (including phenoxy) is 1. The Hall–Kier alpha value is -3.01. The fourth-order valence-corrected chi connectivity index (χ4v) is 4.91. The fraction of sp³-hybridized carbons (Fsp3) is 0.391. The lowest BCUT2D eigenvalue weighted by atomic mass is 9.46. The topological polar surface area (TPSA) is 122 Å². The second-order valence-electron chi connectivity index (χ2n) is 8.85. The minimum absolute atomic E-state index is 0.00293. The number of rotatable bonds is 8. The number of hydrogen-bond acceptors (Lipinski definition) is 8. The van der Waals surface area contributed by atoms with Crippen LogP contribution in [0.4, 0.5) is 5.95 Å². The smallest absolute Gasteiger partial charge is 0.307 e. The molecule has 0 unspecified atom stereocenters. The van der Waals surface area contributed by atoms with Crippen LogP contribution in [0.5, 0.6) is 0 Å². The van der Waals surface area contributed by atoms with Gasteiger partial charge in [0.2, 0.25) is 5.95 Å². The first kappa shape index (κ1) is 21.8. The molecule has 3 N–H and O–H groups in total. The van der Waals surface area contributed by atoms with Gasteiger partial charge in [-0.25, -0.2) is 15.0 Å². The Kier molecular flexibility index (Phi) is 5.35. The zero-order chi connectivity index (χ0) is 23.2. The largest absolute Gasteiger partial charge is 0.440 e. The van der Waals surface area contributed by atoms with Gasteiger partial charge >= 0.3 is 5.91 Å². The number of hydrogen-bond donors (Lipinski definition) is 3. The summed E-state index contributed by atoms with van der Waals surface area (Å²) in [6.07, 6.45) is 5.93. The first-order chi connectivity index (χ1) is 15.8. The molecule has 172 valence electrons. The van der Waals surface area contributed by atoms with E-state index in [9.17, 15) is 9.90 Å². The van der Waals surface area contributed by atoms with Crippen LogP contribution in [-0.4, -0.2) is 50.8 Å². The Labute approximate surface area is 195 Å². The SMILES string of the molecule is COC12CC(Nc3ncc(C)c(-c4coc(C(=O)N[C@H](CO)c5cccc(Cl)c5)n4)n3)(C1)C2. The number of amides is 1. The van der Waals surface area contributed by atoms with Gasteiger partial charge in [0.1, 0.15) is 17.7 Å². The van der Waals surface area contributed by atoms with Gasteiger partial charge in [0.05, 0.1) is 18.2 Å². The van der Waals surface area contributed by atoms with Crippen molar-refractivity contribution in [2.24, 2.45) is 0 Å². The molecule has 2 heterocycles. The maximum absolute atomic E-state index is 12.7. The molecule has 1 amide bonds. The van der Waals surface area contributed by atoms with Crippen LogP contribution in [0, 0.1) is 6.92 Å². The molecular weight excluding hydrogens is 446 g/mol. The number of aliphatic hydroxyl groups is 1. The number of aromatic nitrogens is 3. The molecule has 0 radical (unpaired) electrons. The Balaban J connectivity index is 1.30. The minimum atomic E-state index is -0.647. The quantitative estimate of drug-likeness (QED) is 0.459. The van der Waals surface area contributed by atoms with Crippen LogP contribution in [0.3, 0.4) is 0 Å². The number of carbonyl (C=O) groups is 1. The maximum Gasteiger partial charge on any atom is 0.307 e. The first-order valence-corrected chi connectivity index (χ1v) is 11.0. The predicted octanol–water partition coefficient (Wildman–Crippen LogP) is 3.29. The van der Waals surface area contributed by atoms with E-state index in [2.05, 4.69) is 25.6 Å². The van der Waals surface area contributed by atoms with Gasteiger partial charge in [-0.05, 0) is 49.4 Å². The van der Waals surface area contributed by atoms with E-state index in [1.807, 2.05) is 6.92 Å². The van der Waals surface area contributed by atoms with Crippen molar-refractivity contribution < 1.29 is 19.1 Å². The lowest BCUT2D eigenvalue weighted by Gasteiger charge is -2.69. The lowest BCUT2D eigenvalue weighted by molar-refractivity contribution is -0.215. The van der Waals surface area contributed by atoms with Crippen LogP contribution in [-0.2, 0) is 4.74 Å². The summed E-state index contributed by atoms with van der Waals surface area (Å²) in [4.78, 5) is 26.0. The van der Waals surface area contributed by atoms with Crippen molar-refractivity contribution in [3.8, 4) is 11.4 Å². The minimum Gasteiger partial charge on any atom is -0.440 e. The Morgan fingerprint density at radius 1 is 1.33 bits per heavy atom. The fourth-order valence-electron chi connectivity index (χ4n) is 4.71. The average Bonchev–Trinajstić information content (AvgIpc) is 3.24. The molecule has 0 spiro atoms. The van der Waals surface area contributed by atoms with E-state index in [-0.39, 0.29) is 23.6 Å². The second kappa shape index (κ2) is 8.09. The molecular formula is C23H24ClN5O4. The molecule has 3 fully saturated rings. The molecule has 9 nitrogen and oxygen atoms in total. The zero-order valence-corrected chi connectivity index (χ0v) is 19.0. The standard InChI is InChI=1S/C23H24ClN5O4/c1-13-7-25-21(29-22-10-23(11-22,12-22)32-2)28-18(13)17-9-33-20(27-17)19(31)26-16(8-30)14-4-3-5-15(24)6-14/h3-7,9,16,30H,8,10-12H2,1-2H3,(H,26,31)(H,25,28,29)/t16-,22?,23?/m1/s1. The van der Waals surface area contributed by atoms with Crippen molar-refractivity contribution >= 4 is 23.5 Å². The molecule has 3 aliphatic carbocycles. The number of benzene rings is 1. The van der Waals surface area contributed by atoms with Crippen LogP contribution in [0.2, 0.25) is 5.02 Å². The van der Waals surface area contributed by atoms with Crippen LogP contribution in [0.1, 0.15) is 47.1 Å². The molecule has 0 saturated heterocycles. The van der Waals surface area contributed by atoms with Crippen LogP contribution >= 0.6 is 11.6 Å². The average molecular weight is 470 g/mol. The molecule has 3 saturated carbocycles. The van der Waals surface area contributed by atoms with Gasteiger partial charge in [-0.2, -0.15) is 0 Å². The summed E-state index contributed by atoms with van der Waals surface area (Å²) in [6, 6.07) is 6.28. The van der Waals surface area contributed by atoms with Gasteiger partial charge in [0, 0.05) is 23.9 Å². The summed E-state index contributed by atoms with van der Waals surface area (Å²) in [5, 5.41) is 16.4. The third-order valence-corrected chi connectivity index (χ3v) is 6.68. The van der Waals surface area contributed by atoms with Gasteiger partial charge in [-0.1, -0.05) is 23.7 Å². The van der Waals surface area contributed by atoms with Gasteiger partial charge in [0.15, 0.2) is 0 Å². The highest BCUT2D eigenvalue weighted by atomic mass is 35.5. The molecule has 2 bridgehead atoms. The van der Waals surface area contributed by atoms with Crippen molar-refractivity contribution in [2.75, 3.05) is 19.0 Å². The van der Waals surface area contributed by atoms with E-state index in [4.69, 9.17) is 20.8 Å². The molecule has 0 aliphatic heterocycles. The van der Waals surface area contributed by atoms with E-state index in [1.165, 1.54) is 6.26 Å². The van der Waals surface area contributed by atoms with Gasteiger partial charge in [0.25, 0.3) is 5.89 Å². The third-order valence-electron chi connectivity index (χ3n) is 6.44. The van der Waals surface area contributed by atoms with Crippen molar-refractivity contribution in [1.29, 1.82) is 0 Å². The van der Waals surface area contributed by atoms with Crippen molar-refractivity contribution in [3.05, 3.63) is 58.8 Å². The van der Waals surface area contributed by atoms with Crippen LogP contribution in [0.15, 0.2) is 41.1 Å². The van der Waals surface area contributed by atoms with Crippen molar-refractivity contribution in [3.63, 3.8) is 0 Å². The van der Waals surface area contributed by atoms with E-state index in [0.29, 0.717) is 27.9 Å². The van der Waals surface area contributed by atoms with Crippen LogP contribution in [0.25, 0.3) is 11.4 Å². The van der Waals surface area contributed by atoms with Gasteiger partial charge < -0.3 is 24.9 Å². The Bertz CT molecular complexity index is 1190. The van der Waals surface area contributed by atoms with E-state index >= 15 is 0 Å². The molecule has 3 aromatic rings. The first-order valence-electron chi connectivity index (χ1n) is 10.6. The maximum atomic E-state index is 12.7. The summed E-state index contributed by atoms with van der Waals surface area (Å²) >= 11 is 6.02. The molecule has 10 heteroatoms. The van der Waals surface area contributed by atoms with E-state index in [0.717, 1.165) is 24.8 Å². The predicted molar refractivity (Wildman–Crippen MR) is 121 cm³/mol. The van der Waals surface area contributed by atoms with E-state index < -0.39 is 11.9 Å². The summed E-state index contributed by atoms with van der Waals surface area (Å²) in [7, 11) is 1.75. The Morgan fingerprint density at radius 3 is 2.82 bits per heavy atom. The van der Waals surface area contributed by atoms with Crippen molar-refractivity contribution in [1.82, 2.24) is 20.3 Å². The molecule has 33 heavy (non-hydrogen) atoms. The number of aliphatic hydroxyl groups excluding tert-OH is 1. The number of oxazole rings is 1. The van der Waals surface area contributed by atoms with Gasteiger partial charge in [-0.15, -0.1) is 0 Å². The normalized spacial score (nSPS) is 23.9. The summed E-state index contributed by atoms with van der Waals surface area (Å²) < 4.78 is 11.0. The lowest BCUT2D eigenvalue weighted by Crippen LogP contribution is -2.76. The highest BCUT2D eigenvalue weighted by Crippen LogP contribution is 2.63. The van der Waals surface area contributed by atoms with E-state index in [1.54, 1.807) is 37.6 Å². The van der Waals surface area contributed by atoms with Crippen molar-refractivity contribution in [2.45, 2.75) is 43.4 Å². The number of carbonyl (C=O) groups excluding carboxylic acids is 1. The number of nitrogens with zero attached hydrogens (tertiary/aromatic N) is 3. The molecule has 1 atom stereocenters. The number of halogens is 1. The molecule has 3 aliphatic rings. The number of methoxy groups -OCH3 is 1. The summed E-state index contributed by atoms with van der Waals surface area (Å²) in [5.41, 5.74) is 2.51. The molecule has 6 rings (SSSR count). The second-order valence-corrected chi connectivity index (χ2v) is 9.29. The molecule has 2 aromatic heterocycles. The monoisotopic (exact) mass is 469 g/mol. The van der Waals surface area contributed by atoms with Crippen LogP contribution < -0.4 is 10.6 Å². The number of nitrogens with one attached hydrogen (secondary N) is 2. The highest BCUT2D eigenvalue weighted by Gasteiger charge is 2.69. The highest BCUT2D eigenvalue weighted by molar-refractivity contribution is 6.30. The summed E-state index contributed by atoms with van der Waals surface area (Å²) in [5.74, 6) is -0.168. The van der Waals surface area contributed by atoms with Gasteiger partial charge in [-0.3, -0.25) is 4.79 Å². The summed E-state index contributed by atoms with van der Waals surface area (Å²) in [6.45, 7) is 1.57. The number of anilines is 1.